The van der Waals surface area contributed by atoms with Crippen molar-refractivity contribution in [3.63, 3.8) is 0 Å². The number of rotatable bonds is 5. The molecule has 0 atom stereocenters. The third-order valence-corrected chi connectivity index (χ3v) is 5.36. The lowest BCUT2D eigenvalue weighted by Crippen LogP contribution is -2.18. The smallest absolute Gasteiger partial charge is 0.225 e. The minimum Gasteiger partial charge on any atom is -0.357 e. The van der Waals surface area contributed by atoms with E-state index < -0.39 is 0 Å². The van der Waals surface area contributed by atoms with Crippen LogP contribution in [-0.2, 0) is 13.0 Å². The molecule has 0 unspecified atom stereocenters. The van der Waals surface area contributed by atoms with Crippen LogP contribution in [0.5, 0.6) is 0 Å². The molecule has 110 valence electrons. The van der Waals surface area contributed by atoms with Gasteiger partial charge in [-0.05, 0) is 23.9 Å². The first kappa shape index (κ1) is 14.3. The first-order valence-corrected chi connectivity index (χ1v) is 8.62. The van der Waals surface area contributed by atoms with E-state index in [1.807, 2.05) is 7.05 Å². The van der Waals surface area contributed by atoms with Crippen LogP contribution in [0.3, 0.4) is 0 Å². The normalized spacial score (nSPS) is 11.0. The quantitative estimate of drug-likeness (QED) is 0.772. The molecule has 3 aromatic heterocycles. The minimum absolute atomic E-state index is 0.681. The Kier molecular flexibility index (Phi) is 4.07. The Bertz CT molecular complexity index is 734. The van der Waals surface area contributed by atoms with Crippen molar-refractivity contribution in [1.82, 2.24) is 9.97 Å². The molecule has 0 fully saturated rings. The standard InChI is InChI=1S/C15H18N4S2/c1-4-10-8-12-13(17-15(16-2)18-14(12)21-10)19(3)9-11-6-5-7-20-11/h5-8H,4,9H2,1-3H3,(H,16,17,18). The zero-order valence-electron chi connectivity index (χ0n) is 12.4. The van der Waals surface area contributed by atoms with Gasteiger partial charge in [-0.3, -0.25) is 0 Å². The molecular formula is C15H18N4S2. The summed E-state index contributed by atoms with van der Waals surface area (Å²) in [5.74, 6) is 1.67. The third-order valence-electron chi connectivity index (χ3n) is 3.33. The van der Waals surface area contributed by atoms with E-state index in [-0.39, 0.29) is 0 Å². The highest BCUT2D eigenvalue weighted by molar-refractivity contribution is 7.18. The van der Waals surface area contributed by atoms with E-state index in [4.69, 9.17) is 0 Å². The van der Waals surface area contributed by atoms with Crippen LogP contribution in [0.1, 0.15) is 16.7 Å². The van der Waals surface area contributed by atoms with Crippen LogP contribution < -0.4 is 10.2 Å². The highest BCUT2D eigenvalue weighted by Crippen LogP contribution is 2.32. The van der Waals surface area contributed by atoms with Gasteiger partial charge in [0.15, 0.2) is 0 Å². The van der Waals surface area contributed by atoms with E-state index in [9.17, 15) is 0 Å². The molecule has 0 saturated heterocycles. The molecule has 4 nitrogen and oxygen atoms in total. The number of nitrogens with zero attached hydrogens (tertiary/aromatic N) is 3. The molecule has 0 aliphatic carbocycles. The molecule has 3 heterocycles. The zero-order valence-corrected chi connectivity index (χ0v) is 14.0. The van der Waals surface area contributed by atoms with E-state index >= 15 is 0 Å². The molecule has 0 radical (unpaired) electrons. The lowest BCUT2D eigenvalue weighted by Gasteiger charge is -2.18. The Balaban J connectivity index is 2.04. The van der Waals surface area contributed by atoms with Gasteiger partial charge in [-0.1, -0.05) is 13.0 Å². The molecule has 3 aromatic rings. The first-order valence-electron chi connectivity index (χ1n) is 6.93. The lowest BCUT2D eigenvalue weighted by molar-refractivity contribution is 0.916. The van der Waals surface area contributed by atoms with Crippen molar-refractivity contribution >= 4 is 44.7 Å². The first-order chi connectivity index (χ1) is 10.2. The fraction of sp³-hybridized carbons (Fsp3) is 0.333. The van der Waals surface area contributed by atoms with Gasteiger partial charge in [0.05, 0.1) is 11.9 Å². The SMILES string of the molecule is CCc1cc2c(N(C)Cc3cccs3)nc(NC)nc2s1. The number of fused-ring (bicyclic) bond motifs is 1. The molecule has 21 heavy (non-hydrogen) atoms. The Morgan fingerprint density at radius 1 is 1.29 bits per heavy atom. The van der Waals surface area contributed by atoms with E-state index in [2.05, 4.69) is 57.7 Å². The number of hydrogen-bond acceptors (Lipinski definition) is 6. The van der Waals surface area contributed by atoms with E-state index in [0.717, 1.165) is 29.0 Å². The maximum Gasteiger partial charge on any atom is 0.225 e. The summed E-state index contributed by atoms with van der Waals surface area (Å²) in [6, 6.07) is 6.46. The molecule has 1 N–H and O–H groups in total. The van der Waals surface area contributed by atoms with Crippen molar-refractivity contribution in [2.75, 3.05) is 24.3 Å². The molecule has 0 saturated carbocycles. The maximum atomic E-state index is 4.66. The Labute approximate surface area is 132 Å². The number of aryl methyl sites for hydroxylation is 1. The summed E-state index contributed by atoms with van der Waals surface area (Å²) in [5, 5.41) is 6.32. The van der Waals surface area contributed by atoms with Gasteiger partial charge < -0.3 is 10.2 Å². The number of aromatic nitrogens is 2. The van der Waals surface area contributed by atoms with Crippen LogP contribution in [-0.4, -0.2) is 24.1 Å². The average molecular weight is 318 g/mol. The van der Waals surface area contributed by atoms with Crippen LogP contribution in [0, 0.1) is 0 Å². The predicted octanol–water partition coefficient (Wildman–Crippen LogP) is 3.99. The summed E-state index contributed by atoms with van der Waals surface area (Å²) in [6.45, 7) is 3.04. The maximum absolute atomic E-state index is 4.66. The molecule has 3 rings (SSSR count). The van der Waals surface area contributed by atoms with Crippen LogP contribution in [0.2, 0.25) is 0 Å². The summed E-state index contributed by atoms with van der Waals surface area (Å²) in [4.78, 5) is 15.2. The summed E-state index contributed by atoms with van der Waals surface area (Å²) < 4.78 is 0. The summed E-state index contributed by atoms with van der Waals surface area (Å²) in [6.07, 6.45) is 1.03. The molecule has 0 bridgehead atoms. The van der Waals surface area contributed by atoms with E-state index in [1.54, 1.807) is 22.7 Å². The van der Waals surface area contributed by atoms with Gasteiger partial charge in [-0.25, -0.2) is 4.98 Å². The fourth-order valence-electron chi connectivity index (χ4n) is 2.24. The number of anilines is 2. The Morgan fingerprint density at radius 3 is 2.81 bits per heavy atom. The largest absolute Gasteiger partial charge is 0.357 e. The van der Waals surface area contributed by atoms with Gasteiger partial charge in [0.1, 0.15) is 10.6 Å². The van der Waals surface area contributed by atoms with Gasteiger partial charge in [0, 0.05) is 23.8 Å². The molecule has 0 aliphatic heterocycles. The zero-order chi connectivity index (χ0) is 14.8. The highest BCUT2D eigenvalue weighted by atomic mass is 32.1. The van der Waals surface area contributed by atoms with Gasteiger partial charge >= 0.3 is 0 Å². The van der Waals surface area contributed by atoms with Crippen LogP contribution in [0.25, 0.3) is 10.2 Å². The second-order valence-corrected chi connectivity index (χ2v) is 6.99. The van der Waals surface area contributed by atoms with Gasteiger partial charge in [0.25, 0.3) is 0 Å². The molecule has 0 spiro atoms. The predicted molar refractivity (Wildman–Crippen MR) is 92.8 cm³/mol. The molecule has 0 aromatic carbocycles. The minimum atomic E-state index is 0.681. The second-order valence-electron chi connectivity index (χ2n) is 4.84. The van der Waals surface area contributed by atoms with Crippen molar-refractivity contribution < 1.29 is 0 Å². The summed E-state index contributed by atoms with van der Waals surface area (Å²) in [5.41, 5.74) is 0. The van der Waals surface area contributed by atoms with E-state index in [0.29, 0.717) is 5.95 Å². The number of thiophene rings is 2. The van der Waals surface area contributed by atoms with Crippen molar-refractivity contribution in [3.8, 4) is 0 Å². The fourth-order valence-corrected chi connectivity index (χ4v) is 3.96. The number of nitrogens with one attached hydrogen (secondary N) is 1. The summed E-state index contributed by atoms with van der Waals surface area (Å²) in [7, 11) is 3.95. The topological polar surface area (TPSA) is 41.1 Å². The van der Waals surface area contributed by atoms with Crippen LogP contribution in [0.15, 0.2) is 23.6 Å². The van der Waals surface area contributed by atoms with Gasteiger partial charge in [-0.2, -0.15) is 4.98 Å². The molecule has 0 aliphatic rings. The summed E-state index contributed by atoms with van der Waals surface area (Å²) >= 11 is 3.52. The van der Waals surface area contributed by atoms with Crippen molar-refractivity contribution in [2.45, 2.75) is 19.9 Å². The second kappa shape index (κ2) is 5.99. The van der Waals surface area contributed by atoms with Gasteiger partial charge in [-0.15, -0.1) is 22.7 Å². The van der Waals surface area contributed by atoms with E-state index in [1.165, 1.54) is 9.75 Å². The highest BCUT2D eigenvalue weighted by Gasteiger charge is 2.14. The lowest BCUT2D eigenvalue weighted by atomic mass is 10.3. The molecular weight excluding hydrogens is 300 g/mol. The van der Waals surface area contributed by atoms with Crippen LogP contribution in [0.4, 0.5) is 11.8 Å². The van der Waals surface area contributed by atoms with Crippen LogP contribution >= 0.6 is 22.7 Å². The monoisotopic (exact) mass is 318 g/mol. The van der Waals surface area contributed by atoms with Crippen molar-refractivity contribution in [1.29, 1.82) is 0 Å². The van der Waals surface area contributed by atoms with Crippen molar-refractivity contribution in [3.05, 3.63) is 33.3 Å². The molecule has 0 amide bonds. The van der Waals surface area contributed by atoms with Crippen molar-refractivity contribution in [2.24, 2.45) is 0 Å². The Hall–Kier alpha value is -1.66. The average Bonchev–Trinajstić information content (AvgIpc) is 3.14. The Morgan fingerprint density at radius 2 is 2.14 bits per heavy atom. The van der Waals surface area contributed by atoms with Gasteiger partial charge in [0.2, 0.25) is 5.95 Å². The molecule has 6 heteroatoms. The third kappa shape index (κ3) is 2.87. The number of hydrogen-bond donors (Lipinski definition) is 1.